The third-order valence-corrected chi connectivity index (χ3v) is 6.20. The molecule has 0 atom stereocenters. The molecule has 1 aliphatic rings. The summed E-state index contributed by atoms with van der Waals surface area (Å²) in [7, 11) is 0. The highest BCUT2D eigenvalue weighted by atomic mass is 19.1. The first-order valence-electron chi connectivity index (χ1n) is 11.4. The second-order valence-electron chi connectivity index (χ2n) is 8.41. The van der Waals surface area contributed by atoms with Crippen LogP contribution in [0.2, 0.25) is 0 Å². The highest BCUT2D eigenvalue weighted by Gasteiger charge is 2.22. The largest absolute Gasteiger partial charge is 0.493 e. The lowest BCUT2D eigenvalue weighted by Crippen LogP contribution is -2.21. The number of fused-ring (bicyclic) bond motifs is 1. The van der Waals surface area contributed by atoms with Gasteiger partial charge >= 0.3 is 0 Å². The maximum absolute atomic E-state index is 14.3. The van der Waals surface area contributed by atoms with Crippen molar-refractivity contribution >= 4 is 23.6 Å². The average molecular weight is 474 g/mol. The molecule has 6 heteroatoms. The summed E-state index contributed by atoms with van der Waals surface area (Å²) in [5.41, 5.74) is 4.43. The molecular weight excluding hydrogens is 453 g/mol. The molecule has 1 aliphatic heterocycles. The van der Waals surface area contributed by atoms with Crippen LogP contribution in [0.1, 0.15) is 11.1 Å². The van der Waals surface area contributed by atoms with E-state index in [1.165, 1.54) is 15.4 Å². The SMILES string of the molecule is O=c1c(C=C2C=Nc3cc(-c4ccccc4F)ccc32)c(O)n(-c2ccccc2)n1-c1ccccc1. The molecule has 174 valence electrons. The van der Waals surface area contributed by atoms with Crippen LogP contribution in [-0.2, 0) is 0 Å². The standard InChI is InChI=1S/C30H20FN3O2/c31-27-14-8-7-13-24(27)20-15-16-25-21(19-32-28(25)18-20)17-26-29(35)33(22-9-3-1-4-10-22)34(30(26)36)23-11-5-2-6-12-23/h1-19,35H. The maximum atomic E-state index is 14.3. The van der Waals surface area contributed by atoms with E-state index < -0.39 is 0 Å². The van der Waals surface area contributed by atoms with E-state index in [2.05, 4.69) is 4.99 Å². The minimum Gasteiger partial charge on any atom is -0.493 e. The molecule has 5 nitrogen and oxygen atoms in total. The van der Waals surface area contributed by atoms with Crippen LogP contribution in [0, 0.1) is 5.82 Å². The fourth-order valence-electron chi connectivity index (χ4n) is 4.47. The summed E-state index contributed by atoms with van der Waals surface area (Å²) in [6.07, 6.45) is 3.30. The Bertz CT molecular complexity index is 1710. The Morgan fingerprint density at radius 3 is 2.08 bits per heavy atom. The number of aliphatic imine (C=N–C) groups is 1. The number of halogens is 1. The molecule has 0 amide bonds. The Morgan fingerprint density at radius 1 is 0.750 bits per heavy atom. The van der Waals surface area contributed by atoms with Gasteiger partial charge < -0.3 is 5.11 Å². The summed E-state index contributed by atoms with van der Waals surface area (Å²) in [6, 6.07) is 30.5. The molecule has 6 rings (SSSR count). The van der Waals surface area contributed by atoms with Gasteiger partial charge in [0.05, 0.1) is 17.1 Å². The first kappa shape index (κ1) is 21.6. The molecule has 0 aliphatic carbocycles. The molecule has 0 unspecified atom stereocenters. The summed E-state index contributed by atoms with van der Waals surface area (Å²) in [6.45, 7) is 0. The molecule has 36 heavy (non-hydrogen) atoms. The van der Waals surface area contributed by atoms with Crippen molar-refractivity contribution < 1.29 is 9.50 Å². The van der Waals surface area contributed by atoms with Gasteiger partial charge in [-0.05, 0) is 48.0 Å². The summed E-state index contributed by atoms with van der Waals surface area (Å²) < 4.78 is 17.2. The molecule has 0 saturated heterocycles. The molecule has 1 aromatic heterocycles. The normalized spacial score (nSPS) is 13.3. The first-order chi connectivity index (χ1) is 17.6. The van der Waals surface area contributed by atoms with Crippen molar-refractivity contribution in [2.45, 2.75) is 0 Å². The Balaban J connectivity index is 1.49. The van der Waals surface area contributed by atoms with Crippen LogP contribution in [0.15, 0.2) is 113 Å². The number of nitrogens with zero attached hydrogens (tertiary/aromatic N) is 3. The van der Waals surface area contributed by atoms with Crippen LogP contribution in [0.25, 0.3) is 34.2 Å². The molecule has 0 spiro atoms. The Morgan fingerprint density at radius 2 is 1.39 bits per heavy atom. The topological polar surface area (TPSA) is 59.5 Å². The van der Waals surface area contributed by atoms with E-state index in [1.807, 2.05) is 78.9 Å². The summed E-state index contributed by atoms with van der Waals surface area (Å²) in [5.74, 6) is -0.476. The smallest absolute Gasteiger partial charge is 0.283 e. The van der Waals surface area contributed by atoms with E-state index in [0.29, 0.717) is 28.2 Å². The number of allylic oxidation sites excluding steroid dienone is 1. The molecule has 2 heterocycles. The molecule has 0 saturated carbocycles. The van der Waals surface area contributed by atoms with E-state index in [9.17, 15) is 14.3 Å². The van der Waals surface area contributed by atoms with Crippen molar-refractivity contribution in [1.29, 1.82) is 0 Å². The highest BCUT2D eigenvalue weighted by Crippen LogP contribution is 2.37. The van der Waals surface area contributed by atoms with Crippen LogP contribution < -0.4 is 5.56 Å². The first-order valence-corrected chi connectivity index (χ1v) is 11.4. The Labute approximate surface area is 206 Å². The third kappa shape index (κ3) is 3.56. The van der Waals surface area contributed by atoms with Gasteiger partial charge in [0.15, 0.2) is 0 Å². The van der Waals surface area contributed by atoms with E-state index in [1.54, 1.807) is 30.5 Å². The van der Waals surface area contributed by atoms with Crippen LogP contribution in [0.4, 0.5) is 10.1 Å². The predicted molar refractivity (Wildman–Crippen MR) is 141 cm³/mol. The predicted octanol–water partition coefficient (Wildman–Crippen LogP) is 6.40. The fourth-order valence-corrected chi connectivity index (χ4v) is 4.47. The van der Waals surface area contributed by atoms with Crippen molar-refractivity contribution in [3.8, 4) is 28.4 Å². The van der Waals surface area contributed by atoms with Crippen molar-refractivity contribution in [3.63, 3.8) is 0 Å². The number of rotatable bonds is 4. The zero-order valence-electron chi connectivity index (χ0n) is 19.0. The van der Waals surface area contributed by atoms with Gasteiger partial charge in [0.2, 0.25) is 5.88 Å². The van der Waals surface area contributed by atoms with Gasteiger partial charge in [-0.1, -0.05) is 66.7 Å². The van der Waals surface area contributed by atoms with Crippen LogP contribution >= 0.6 is 0 Å². The Kier molecular flexibility index (Phi) is 5.19. The highest BCUT2D eigenvalue weighted by molar-refractivity contribution is 6.21. The molecule has 0 fully saturated rings. The van der Waals surface area contributed by atoms with Crippen molar-refractivity contribution in [2.75, 3.05) is 0 Å². The van der Waals surface area contributed by atoms with E-state index in [4.69, 9.17) is 0 Å². The van der Waals surface area contributed by atoms with Crippen molar-refractivity contribution in [1.82, 2.24) is 9.36 Å². The second-order valence-corrected chi connectivity index (χ2v) is 8.41. The molecule has 1 N–H and O–H groups in total. The van der Waals surface area contributed by atoms with Crippen LogP contribution in [0.3, 0.4) is 0 Å². The number of hydrogen-bond acceptors (Lipinski definition) is 3. The van der Waals surface area contributed by atoms with Gasteiger partial charge in [0.25, 0.3) is 5.56 Å². The van der Waals surface area contributed by atoms with Crippen LogP contribution in [0.5, 0.6) is 5.88 Å². The molecule has 0 bridgehead atoms. The maximum Gasteiger partial charge on any atom is 0.283 e. The number of para-hydroxylation sites is 2. The number of benzene rings is 4. The summed E-state index contributed by atoms with van der Waals surface area (Å²) >= 11 is 0. The molecule has 5 aromatic rings. The van der Waals surface area contributed by atoms with Gasteiger partial charge in [-0.3, -0.25) is 9.79 Å². The van der Waals surface area contributed by atoms with Crippen molar-refractivity contribution in [2.24, 2.45) is 4.99 Å². The lowest BCUT2D eigenvalue weighted by molar-refractivity contribution is 0.424. The summed E-state index contributed by atoms with van der Waals surface area (Å²) in [5, 5.41) is 11.2. The lowest BCUT2D eigenvalue weighted by atomic mass is 9.99. The van der Waals surface area contributed by atoms with E-state index in [-0.39, 0.29) is 22.8 Å². The second kappa shape index (κ2) is 8.67. The lowest BCUT2D eigenvalue weighted by Gasteiger charge is -2.12. The van der Waals surface area contributed by atoms with Gasteiger partial charge in [-0.25, -0.2) is 13.8 Å². The van der Waals surface area contributed by atoms with Gasteiger partial charge in [0.1, 0.15) is 11.4 Å². The third-order valence-electron chi connectivity index (χ3n) is 6.20. The fraction of sp³-hybridized carbons (Fsp3) is 0. The minimum absolute atomic E-state index is 0.148. The number of aromatic hydroxyl groups is 1. The number of hydrogen-bond donors (Lipinski definition) is 1. The van der Waals surface area contributed by atoms with E-state index >= 15 is 0 Å². The number of aromatic nitrogens is 2. The molecular formula is C30H20FN3O2. The van der Waals surface area contributed by atoms with Gasteiger partial charge in [-0.15, -0.1) is 0 Å². The van der Waals surface area contributed by atoms with E-state index in [0.717, 1.165) is 11.1 Å². The van der Waals surface area contributed by atoms with Crippen LogP contribution in [-0.4, -0.2) is 20.7 Å². The zero-order chi connectivity index (χ0) is 24.6. The quantitative estimate of drug-likeness (QED) is 0.329. The van der Waals surface area contributed by atoms with Gasteiger partial charge in [-0.2, -0.15) is 0 Å². The molecule has 0 radical (unpaired) electrons. The van der Waals surface area contributed by atoms with Crippen molar-refractivity contribution in [3.05, 3.63) is 130 Å². The summed E-state index contributed by atoms with van der Waals surface area (Å²) in [4.78, 5) is 18.1. The average Bonchev–Trinajstić information content (AvgIpc) is 3.43. The van der Waals surface area contributed by atoms with Gasteiger partial charge in [0, 0.05) is 22.9 Å². The molecule has 4 aromatic carbocycles. The zero-order valence-corrected chi connectivity index (χ0v) is 19.0. The minimum atomic E-state index is -0.361. The Hall–Kier alpha value is -4.97. The monoisotopic (exact) mass is 473 g/mol.